The predicted octanol–water partition coefficient (Wildman–Crippen LogP) is 2.65. The van der Waals surface area contributed by atoms with Crippen LogP contribution in [0, 0.1) is 0 Å². The first-order valence-electron chi connectivity index (χ1n) is 7.07. The molecule has 3 N–H and O–H groups in total. The van der Waals surface area contributed by atoms with Gasteiger partial charge in [0, 0.05) is 0 Å². The van der Waals surface area contributed by atoms with E-state index in [0.29, 0.717) is 15.6 Å². The van der Waals surface area contributed by atoms with Gasteiger partial charge in [-0.1, -0.05) is 0 Å². The molecule has 0 aliphatic rings. The molecule has 3 aromatic rings. The van der Waals surface area contributed by atoms with Crippen LogP contribution in [0.15, 0.2) is 57.8 Å². The Kier molecular flexibility index (Phi) is 4.78. The number of rotatable bonds is 6. The second-order valence-corrected chi connectivity index (χ2v) is 5.90. The zero-order valence-electron chi connectivity index (χ0n) is 12.4. The zero-order valence-corrected chi connectivity index (χ0v) is 13.2. The Morgan fingerprint density at radius 3 is 2.54 bits per heavy atom. The second-order valence-electron chi connectivity index (χ2n) is 4.82. The number of hydrogen-bond acceptors (Lipinski definition) is 6. The van der Waals surface area contributed by atoms with Gasteiger partial charge in [-0.3, -0.25) is 9.59 Å². The normalized spacial score (nSPS) is 11.9. The molecule has 1 atom stereocenters. The van der Waals surface area contributed by atoms with E-state index in [1.807, 2.05) is 0 Å². The number of aliphatic hydroxyl groups is 1. The van der Waals surface area contributed by atoms with Crippen molar-refractivity contribution >= 4 is 28.2 Å². The summed E-state index contributed by atoms with van der Waals surface area (Å²) in [6, 6.07) is 9.10. The summed E-state index contributed by atoms with van der Waals surface area (Å²) in [5.41, 5.74) is 0. The number of aliphatic hydroxyl groups excluding tert-OH is 1. The first-order valence-corrected chi connectivity index (χ1v) is 7.89. The molecule has 0 aliphatic carbocycles. The van der Waals surface area contributed by atoms with E-state index >= 15 is 0 Å². The first kappa shape index (κ1) is 16.0. The molecule has 2 amide bonds. The van der Waals surface area contributed by atoms with Gasteiger partial charge in [0.2, 0.25) is 0 Å². The van der Waals surface area contributed by atoms with Gasteiger partial charge < -0.3 is 24.6 Å². The van der Waals surface area contributed by atoms with Crippen LogP contribution in [0.5, 0.6) is 0 Å². The van der Waals surface area contributed by atoms with Gasteiger partial charge in [0.15, 0.2) is 5.76 Å². The Hall–Kier alpha value is -2.84. The largest absolute Gasteiger partial charge is 0.467 e. The molecule has 0 aliphatic heterocycles. The van der Waals surface area contributed by atoms with Gasteiger partial charge in [-0.15, -0.1) is 11.3 Å². The van der Waals surface area contributed by atoms with Crippen LogP contribution < -0.4 is 10.6 Å². The van der Waals surface area contributed by atoms with Crippen LogP contribution >= 0.6 is 11.3 Å². The minimum atomic E-state index is -0.629. The minimum absolute atomic E-state index is 0.188. The first-order chi connectivity index (χ1) is 11.7. The number of amides is 2. The number of furan rings is 2. The lowest BCUT2D eigenvalue weighted by Gasteiger charge is -2.12. The van der Waals surface area contributed by atoms with E-state index in [0.717, 1.165) is 11.3 Å². The molecule has 0 fully saturated rings. The molecule has 1 unspecified atom stereocenters. The third kappa shape index (κ3) is 3.55. The lowest BCUT2D eigenvalue weighted by Crippen LogP contribution is -2.29. The highest BCUT2D eigenvalue weighted by Crippen LogP contribution is 2.23. The predicted molar refractivity (Wildman–Crippen MR) is 87.0 cm³/mol. The fraction of sp³-hybridized carbons (Fsp3) is 0.125. The number of carbonyl (C=O) groups is 2. The summed E-state index contributed by atoms with van der Waals surface area (Å²) < 4.78 is 10.2. The van der Waals surface area contributed by atoms with Crippen LogP contribution in [0.2, 0.25) is 0 Å². The maximum absolute atomic E-state index is 12.3. The SMILES string of the molecule is O=C(Nc1ccc(C(=O)NC(CO)c2ccco2)s1)c1ccco1. The van der Waals surface area contributed by atoms with Gasteiger partial charge in [-0.2, -0.15) is 0 Å². The lowest BCUT2D eigenvalue weighted by atomic mass is 10.2. The summed E-state index contributed by atoms with van der Waals surface area (Å²) in [5, 5.41) is 15.2. The molecule has 0 bridgehead atoms. The second kappa shape index (κ2) is 7.16. The summed E-state index contributed by atoms with van der Waals surface area (Å²) in [6.07, 6.45) is 2.88. The van der Waals surface area contributed by atoms with Crippen molar-refractivity contribution < 1.29 is 23.5 Å². The van der Waals surface area contributed by atoms with Crippen LogP contribution in [-0.2, 0) is 0 Å². The number of nitrogens with one attached hydrogen (secondary N) is 2. The van der Waals surface area contributed by atoms with Crippen molar-refractivity contribution in [2.24, 2.45) is 0 Å². The van der Waals surface area contributed by atoms with Gasteiger partial charge in [0.1, 0.15) is 11.8 Å². The molecule has 0 radical (unpaired) electrons. The Labute approximate surface area is 140 Å². The van der Waals surface area contributed by atoms with E-state index in [1.54, 1.807) is 36.4 Å². The van der Waals surface area contributed by atoms with Crippen molar-refractivity contribution in [2.75, 3.05) is 11.9 Å². The van der Waals surface area contributed by atoms with E-state index in [-0.39, 0.29) is 18.3 Å². The average molecular weight is 346 g/mol. The summed E-state index contributed by atoms with van der Waals surface area (Å²) in [7, 11) is 0. The van der Waals surface area contributed by atoms with Crippen LogP contribution in [-0.4, -0.2) is 23.5 Å². The summed E-state index contributed by atoms with van der Waals surface area (Å²) >= 11 is 1.12. The van der Waals surface area contributed by atoms with Crippen LogP contribution in [0.1, 0.15) is 32.0 Å². The standard InChI is InChI=1S/C16H14N2O5S/c19-9-10(11-3-1-7-22-11)17-16(21)13-5-6-14(24-13)18-15(20)12-4-2-8-23-12/h1-8,10,19H,9H2,(H,17,21)(H,18,20). The molecule has 3 aromatic heterocycles. The Balaban J connectivity index is 1.64. The highest BCUT2D eigenvalue weighted by atomic mass is 32.1. The Morgan fingerprint density at radius 1 is 1.08 bits per heavy atom. The van der Waals surface area contributed by atoms with Gasteiger partial charge in [-0.05, 0) is 36.4 Å². The number of carbonyl (C=O) groups excluding carboxylic acids is 2. The van der Waals surface area contributed by atoms with Gasteiger partial charge in [0.25, 0.3) is 11.8 Å². The van der Waals surface area contributed by atoms with Crippen molar-refractivity contribution in [2.45, 2.75) is 6.04 Å². The zero-order chi connectivity index (χ0) is 16.9. The Morgan fingerprint density at radius 2 is 1.88 bits per heavy atom. The number of hydrogen-bond donors (Lipinski definition) is 3. The molecule has 7 nitrogen and oxygen atoms in total. The smallest absolute Gasteiger partial charge is 0.291 e. The monoisotopic (exact) mass is 346 g/mol. The van der Waals surface area contributed by atoms with E-state index in [9.17, 15) is 14.7 Å². The lowest BCUT2D eigenvalue weighted by molar-refractivity contribution is 0.0911. The van der Waals surface area contributed by atoms with Crippen molar-refractivity contribution in [1.82, 2.24) is 5.32 Å². The van der Waals surface area contributed by atoms with Gasteiger partial charge >= 0.3 is 0 Å². The molecule has 0 saturated carbocycles. The van der Waals surface area contributed by atoms with E-state index < -0.39 is 11.9 Å². The molecule has 124 valence electrons. The van der Waals surface area contributed by atoms with Gasteiger partial charge in [0.05, 0.1) is 29.0 Å². The molecule has 0 spiro atoms. The van der Waals surface area contributed by atoms with Crippen molar-refractivity contribution in [3.8, 4) is 0 Å². The number of thiophene rings is 1. The number of anilines is 1. The fourth-order valence-corrected chi connectivity index (χ4v) is 2.84. The van der Waals surface area contributed by atoms with Crippen molar-refractivity contribution in [1.29, 1.82) is 0 Å². The minimum Gasteiger partial charge on any atom is -0.467 e. The topological polar surface area (TPSA) is 105 Å². The molecule has 0 aromatic carbocycles. The van der Waals surface area contributed by atoms with Gasteiger partial charge in [-0.25, -0.2) is 0 Å². The molecule has 8 heteroatoms. The third-order valence-corrected chi connectivity index (χ3v) is 4.19. The van der Waals surface area contributed by atoms with Crippen molar-refractivity contribution in [3.63, 3.8) is 0 Å². The molecular weight excluding hydrogens is 332 g/mol. The highest BCUT2D eigenvalue weighted by molar-refractivity contribution is 7.18. The van der Waals surface area contributed by atoms with Crippen molar-refractivity contribution in [3.05, 3.63) is 65.3 Å². The van der Waals surface area contributed by atoms with E-state index in [4.69, 9.17) is 8.83 Å². The maximum atomic E-state index is 12.3. The van der Waals surface area contributed by atoms with Crippen LogP contribution in [0.3, 0.4) is 0 Å². The fourth-order valence-electron chi connectivity index (χ4n) is 2.03. The van der Waals surface area contributed by atoms with Crippen LogP contribution in [0.25, 0.3) is 0 Å². The maximum Gasteiger partial charge on any atom is 0.291 e. The van der Waals surface area contributed by atoms with E-state index in [1.165, 1.54) is 12.5 Å². The summed E-state index contributed by atoms with van der Waals surface area (Å²) in [5.74, 6) is -0.104. The van der Waals surface area contributed by atoms with Crippen LogP contribution in [0.4, 0.5) is 5.00 Å². The molecular formula is C16H14N2O5S. The molecule has 0 saturated heterocycles. The molecule has 3 heterocycles. The van der Waals surface area contributed by atoms with E-state index in [2.05, 4.69) is 10.6 Å². The quantitative estimate of drug-likeness (QED) is 0.636. The summed E-state index contributed by atoms with van der Waals surface area (Å²) in [4.78, 5) is 24.5. The summed E-state index contributed by atoms with van der Waals surface area (Å²) in [6.45, 7) is -0.285. The molecule has 3 rings (SSSR count). The third-order valence-electron chi connectivity index (χ3n) is 3.19. The average Bonchev–Trinajstić information content (AvgIpc) is 3.33. The highest BCUT2D eigenvalue weighted by Gasteiger charge is 2.19. The molecule has 24 heavy (non-hydrogen) atoms. The Bertz CT molecular complexity index is 808.